The molecule has 0 radical (unpaired) electrons. The van der Waals surface area contributed by atoms with Crippen LogP contribution in [0.15, 0.2) is 0 Å². The van der Waals surface area contributed by atoms with Gasteiger partial charge in [-0.3, -0.25) is 0 Å². The first-order valence-corrected chi connectivity index (χ1v) is 6.93. The van der Waals surface area contributed by atoms with Crippen LogP contribution in [0, 0.1) is 59.2 Å². The van der Waals surface area contributed by atoms with E-state index in [2.05, 4.69) is 0 Å². The molecule has 6 saturated carbocycles. The van der Waals surface area contributed by atoms with Gasteiger partial charge in [-0.15, -0.1) is 0 Å². The van der Waals surface area contributed by atoms with E-state index >= 15 is 0 Å². The van der Waals surface area contributed by atoms with Crippen LogP contribution in [0.1, 0.15) is 25.7 Å². The molecule has 14 heavy (non-hydrogen) atoms. The molecule has 6 rings (SSSR count). The first kappa shape index (κ1) is 6.55. The van der Waals surface area contributed by atoms with E-state index in [4.69, 9.17) is 0 Å². The second-order valence-electron chi connectivity index (χ2n) is 7.41. The Morgan fingerprint density at radius 2 is 0.643 bits per heavy atom. The van der Waals surface area contributed by atoms with Gasteiger partial charge in [0.25, 0.3) is 0 Å². The van der Waals surface area contributed by atoms with Gasteiger partial charge in [0.05, 0.1) is 0 Å². The fraction of sp³-hybridized carbons (Fsp3) is 1.00. The summed E-state index contributed by atoms with van der Waals surface area (Å²) in [5.41, 5.74) is 0. The van der Waals surface area contributed by atoms with Crippen molar-refractivity contribution in [1.29, 1.82) is 0 Å². The molecule has 8 atom stereocenters. The summed E-state index contributed by atoms with van der Waals surface area (Å²) in [6.45, 7) is 0. The largest absolute Gasteiger partial charge is 0.0465 e. The topological polar surface area (TPSA) is 0 Å². The van der Waals surface area contributed by atoms with Crippen molar-refractivity contribution in [3.63, 3.8) is 0 Å². The summed E-state index contributed by atoms with van der Waals surface area (Å²) in [4.78, 5) is 0. The van der Waals surface area contributed by atoms with Crippen molar-refractivity contribution >= 4 is 0 Å². The number of rotatable bonds is 0. The van der Waals surface area contributed by atoms with E-state index in [1.807, 2.05) is 0 Å². The minimum atomic E-state index is 1.26. The van der Waals surface area contributed by atoms with Gasteiger partial charge in [0.2, 0.25) is 0 Å². The van der Waals surface area contributed by atoms with Gasteiger partial charge in [0.15, 0.2) is 0 Å². The highest BCUT2D eigenvalue weighted by Gasteiger charge is 2.76. The van der Waals surface area contributed by atoms with E-state index in [0.29, 0.717) is 0 Å². The Labute approximate surface area is 85.4 Å². The summed E-state index contributed by atoms with van der Waals surface area (Å²) in [5.74, 6) is 12.6. The maximum absolute atomic E-state index is 1.69. The molecule has 74 valence electrons. The summed E-state index contributed by atoms with van der Waals surface area (Å²) in [6, 6.07) is 0. The standard InChI is InChI=1S/C14H18/c1-5-6(1)10-3-9(5)13-11-4-12(14(10)13)8-2-7(8)11/h5-14H,1-4H2. The third-order valence-corrected chi connectivity index (χ3v) is 7.49. The predicted octanol–water partition coefficient (Wildman–Crippen LogP) is 2.79. The quantitative estimate of drug-likeness (QED) is 0.510. The summed E-state index contributed by atoms with van der Waals surface area (Å²) in [6.07, 6.45) is 6.71. The lowest BCUT2D eigenvalue weighted by atomic mass is 9.71. The molecule has 0 saturated heterocycles. The molecule has 0 heterocycles. The van der Waals surface area contributed by atoms with Crippen LogP contribution in [-0.4, -0.2) is 0 Å². The van der Waals surface area contributed by atoms with Crippen molar-refractivity contribution < 1.29 is 0 Å². The third-order valence-electron chi connectivity index (χ3n) is 7.49. The molecule has 6 aliphatic carbocycles. The Balaban J connectivity index is 1.55. The zero-order valence-electron chi connectivity index (χ0n) is 8.60. The Kier molecular flexibility index (Phi) is 0.758. The Morgan fingerprint density at radius 3 is 1.00 bits per heavy atom. The van der Waals surface area contributed by atoms with Gasteiger partial charge in [0.1, 0.15) is 0 Å². The van der Waals surface area contributed by atoms with Crippen molar-refractivity contribution in [2.24, 2.45) is 59.2 Å². The molecular weight excluding hydrogens is 168 g/mol. The summed E-state index contributed by atoms with van der Waals surface area (Å²) in [5, 5.41) is 0. The predicted molar refractivity (Wildman–Crippen MR) is 53.4 cm³/mol. The number of fused-ring (bicyclic) bond motifs is 15. The first-order valence-electron chi connectivity index (χ1n) is 6.93. The minimum Gasteiger partial charge on any atom is -0.0465 e. The van der Waals surface area contributed by atoms with Crippen molar-refractivity contribution in [3.05, 3.63) is 0 Å². The lowest BCUT2D eigenvalue weighted by Crippen LogP contribution is -2.30. The molecule has 8 unspecified atom stereocenters. The smallest absolute Gasteiger partial charge is 0.0318 e. The van der Waals surface area contributed by atoms with E-state index in [9.17, 15) is 0 Å². The summed E-state index contributed by atoms with van der Waals surface area (Å²) >= 11 is 0. The van der Waals surface area contributed by atoms with Gasteiger partial charge >= 0.3 is 0 Å². The minimum absolute atomic E-state index is 1.26. The molecule has 0 aliphatic heterocycles. The van der Waals surface area contributed by atoms with Crippen LogP contribution in [0.3, 0.4) is 0 Å². The number of hydrogen-bond acceptors (Lipinski definition) is 0. The Morgan fingerprint density at radius 1 is 0.357 bits per heavy atom. The van der Waals surface area contributed by atoms with Gasteiger partial charge < -0.3 is 0 Å². The average Bonchev–Trinajstić information content (AvgIpc) is 3.03. The lowest BCUT2D eigenvalue weighted by Gasteiger charge is -2.33. The molecule has 0 aromatic carbocycles. The second kappa shape index (κ2) is 1.62. The van der Waals surface area contributed by atoms with Crippen LogP contribution in [0.5, 0.6) is 0 Å². The molecule has 6 fully saturated rings. The van der Waals surface area contributed by atoms with Crippen LogP contribution in [0.4, 0.5) is 0 Å². The van der Waals surface area contributed by atoms with Crippen molar-refractivity contribution in [1.82, 2.24) is 0 Å². The average molecular weight is 186 g/mol. The van der Waals surface area contributed by atoms with Crippen LogP contribution in [-0.2, 0) is 0 Å². The van der Waals surface area contributed by atoms with E-state index in [1.165, 1.54) is 59.2 Å². The fourth-order valence-electron chi connectivity index (χ4n) is 7.32. The Bertz CT molecular complexity index is 284. The number of hydrogen-bond donors (Lipinski definition) is 0. The van der Waals surface area contributed by atoms with Gasteiger partial charge in [-0.2, -0.15) is 0 Å². The second-order valence-corrected chi connectivity index (χ2v) is 7.41. The van der Waals surface area contributed by atoms with Crippen LogP contribution >= 0.6 is 0 Å². The molecule has 0 spiro atoms. The molecule has 0 N–H and O–H groups in total. The van der Waals surface area contributed by atoms with E-state index in [1.54, 1.807) is 25.7 Å². The molecule has 0 aromatic heterocycles. The molecule has 0 aromatic rings. The van der Waals surface area contributed by atoms with E-state index in [0.717, 1.165) is 0 Å². The normalized spacial score (nSPS) is 84.0. The summed E-state index contributed by atoms with van der Waals surface area (Å²) in [7, 11) is 0. The van der Waals surface area contributed by atoms with Gasteiger partial charge in [0, 0.05) is 0 Å². The maximum atomic E-state index is 1.69. The van der Waals surface area contributed by atoms with Gasteiger partial charge in [-0.05, 0) is 84.9 Å². The highest BCUT2D eigenvalue weighted by Crippen LogP contribution is 2.82. The molecule has 0 nitrogen and oxygen atoms in total. The van der Waals surface area contributed by atoms with Gasteiger partial charge in [-0.1, -0.05) is 0 Å². The van der Waals surface area contributed by atoms with E-state index in [-0.39, 0.29) is 0 Å². The highest BCUT2D eigenvalue weighted by atomic mass is 14.8. The molecule has 0 amide bonds. The monoisotopic (exact) mass is 186 g/mol. The van der Waals surface area contributed by atoms with Crippen molar-refractivity contribution in [3.8, 4) is 0 Å². The molecule has 0 heteroatoms. The van der Waals surface area contributed by atoms with Crippen LogP contribution < -0.4 is 0 Å². The van der Waals surface area contributed by atoms with Gasteiger partial charge in [-0.25, -0.2) is 0 Å². The Hall–Kier alpha value is 0. The highest BCUT2D eigenvalue weighted by molar-refractivity contribution is 5.24. The van der Waals surface area contributed by atoms with E-state index < -0.39 is 0 Å². The van der Waals surface area contributed by atoms with Crippen LogP contribution in [0.25, 0.3) is 0 Å². The fourth-order valence-corrected chi connectivity index (χ4v) is 7.32. The molecule has 6 aliphatic rings. The molecule has 4 bridgehead atoms. The SMILES string of the molecule is C1C2C1C1CC2C2C3CC(C4CC43)C12. The zero-order valence-corrected chi connectivity index (χ0v) is 8.60. The first-order chi connectivity index (χ1) is 6.93. The summed E-state index contributed by atoms with van der Waals surface area (Å²) < 4.78 is 0. The zero-order chi connectivity index (χ0) is 8.60. The van der Waals surface area contributed by atoms with Crippen molar-refractivity contribution in [2.45, 2.75) is 25.7 Å². The van der Waals surface area contributed by atoms with Crippen molar-refractivity contribution in [2.75, 3.05) is 0 Å². The third kappa shape index (κ3) is 0.463. The molecular formula is C14H18. The lowest BCUT2D eigenvalue weighted by molar-refractivity contribution is 0.132. The maximum Gasteiger partial charge on any atom is -0.0318 e. The van der Waals surface area contributed by atoms with Crippen LogP contribution in [0.2, 0.25) is 0 Å².